The van der Waals surface area contributed by atoms with Crippen LogP contribution in [0.5, 0.6) is 0 Å². The van der Waals surface area contributed by atoms with Crippen LogP contribution < -0.4 is 4.90 Å². The van der Waals surface area contributed by atoms with E-state index in [1.807, 2.05) is 6.07 Å². The summed E-state index contributed by atoms with van der Waals surface area (Å²) in [6, 6.07) is 6.94. The van der Waals surface area contributed by atoms with Gasteiger partial charge in [0.15, 0.2) is 17.4 Å². The fourth-order valence-corrected chi connectivity index (χ4v) is 6.36. The zero-order chi connectivity index (χ0) is 26.2. The van der Waals surface area contributed by atoms with E-state index in [0.717, 1.165) is 57.1 Å². The maximum Gasteiger partial charge on any atom is 0.168 e. The molecular weight excluding hydrogens is 539 g/mol. The van der Waals surface area contributed by atoms with Gasteiger partial charge in [0.2, 0.25) is 0 Å². The predicted octanol–water partition coefficient (Wildman–Crippen LogP) is 6.89. The van der Waals surface area contributed by atoms with Crippen LogP contribution in [0.1, 0.15) is 35.7 Å². The molecule has 0 N–H and O–H groups in total. The van der Waals surface area contributed by atoms with E-state index in [2.05, 4.69) is 21.8 Å². The van der Waals surface area contributed by atoms with Crippen molar-refractivity contribution in [3.63, 3.8) is 0 Å². The third-order valence-electron chi connectivity index (χ3n) is 7.42. The summed E-state index contributed by atoms with van der Waals surface area (Å²) in [6.07, 6.45) is 5.57. The molecule has 0 bridgehead atoms. The maximum absolute atomic E-state index is 13.6. The number of hydrogen-bond donors (Lipinski definition) is 0. The molecule has 0 amide bonds. The molecule has 2 aromatic carbocycles. The normalized spacial score (nSPS) is 18.9. The molecule has 0 radical (unpaired) electrons. The van der Waals surface area contributed by atoms with Crippen molar-refractivity contribution < 1.29 is 18.3 Å². The second-order valence-electron chi connectivity index (χ2n) is 9.66. The first-order valence-corrected chi connectivity index (χ1v) is 13.6. The van der Waals surface area contributed by atoms with Crippen LogP contribution in [-0.4, -0.2) is 42.1 Å². The summed E-state index contributed by atoms with van der Waals surface area (Å²) in [5.41, 5.74) is 0.753. The lowest BCUT2D eigenvalue weighted by Crippen LogP contribution is -2.43. The number of rotatable bonds is 6. The highest BCUT2D eigenvalue weighted by atomic mass is 35.5. The van der Waals surface area contributed by atoms with E-state index in [1.54, 1.807) is 24.5 Å². The fraction of sp³-hybridized carbons (Fsp3) is 0.370. The summed E-state index contributed by atoms with van der Waals surface area (Å²) in [5.74, 6) is -1.26. The van der Waals surface area contributed by atoms with Crippen LogP contribution in [0.4, 0.5) is 14.6 Å². The molecule has 2 fully saturated rings. The van der Waals surface area contributed by atoms with E-state index < -0.39 is 17.4 Å². The number of nitrogens with zero attached hydrogens (tertiary/aromatic N) is 3. The van der Waals surface area contributed by atoms with Crippen molar-refractivity contribution in [2.24, 2.45) is 11.3 Å². The Labute approximate surface area is 228 Å². The Balaban J connectivity index is 1.25. The molecule has 0 unspecified atom stereocenters. The number of ketones is 1. The first-order valence-electron chi connectivity index (χ1n) is 12.0. The molecule has 0 saturated carbocycles. The summed E-state index contributed by atoms with van der Waals surface area (Å²) in [6.45, 7) is 5.84. The number of ether oxygens (including phenoxy) is 1. The predicted molar refractivity (Wildman–Crippen MR) is 141 cm³/mol. The molecule has 194 valence electrons. The second-order valence-corrected chi connectivity index (χ2v) is 11.5. The molecule has 2 aliphatic heterocycles. The largest absolute Gasteiger partial charge is 0.381 e. The smallest absolute Gasteiger partial charge is 0.168 e. The lowest BCUT2D eigenvalue weighted by molar-refractivity contribution is 0.0992. The van der Waals surface area contributed by atoms with Gasteiger partial charge in [-0.1, -0.05) is 54.0 Å². The van der Waals surface area contributed by atoms with Gasteiger partial charge in [-0.05, 0) is 42.5 Å². The highest BCUT2D eigenvalue weighted by molar-refractivity contribution is 7.99. The van der Waals surface area contributed by atoms with Gasteiger partial charge in [0.25, 0.3) is 0 Å². The van der Waals surface area contributed by atoms with Crippen molar-refractivity contribution in [2.45, 2.75) is 36.1 Å². The number of piperidine rings is 1. The summed E-state index contributed by atoms with van der Waals surface area (Å²) >= 11 is 13.9. The van der Waals surface area contributed by atoms with Crippen LogP contribution >= 0.6 is 35.0 Å². The highest BCUT2D eigenvalue weighted by Gasteiger charge is 2.43. The Kier molecular flexibility index (Phi) is 7.73. The molecule has 5 nitrogen and oxygen atoms in total. The minimum atomic E-state index is -1.13. The Hall–Kier alpha value is -2.26. The third kappa shape index (κ3) is 5.48. The van der Waals surface area contributed by atoms with E-state index >= 15 is 0 Å². The first-order chi connectivity index (χ1) is 17.8. The van der Waals surface area contributed by atoms with Crippen molar-refractivity contribution in [1.29, 1.82) is 0 Å². The topological polar surface area (TPSA) is 55.3 Å². The standard InChI is InChI=1S/C27H25Cl2F2N3O2S/c1-16-14-36-15-27(16)5-7-34(8-6-27)24-12-33-25(13-32-24)37-23-4-2-3-17(26(23)29)9-22(35)18-10-20(30)21(31)11-19(18)28/h2-4,10-13,16H,5-9,14-15H2,1H3/t16-/m1/s1. The lowest BCUT2D eigenvalue weighted by Gasteiger charge is -2.41. The average molecular weight is 564 g/mol. The van der Waals surface area contributed by atoms with Crippen LogP contribution in [0.2, 0.25) is 10.0 Å². The minimum Gasteiger partial charge on any atom is -0.381 e. The first kappa shape index (κ1) is 26.4. The molecule has 1 atom stereocenters. The summed E-state index contributed by atoms with van der Waals surface area (Å²) in [4.78, 5) is 24.9. The SMILES string of the molecule is C[C@@H]1COCC12CCN(c1cnc(Sc3cccc(CC(=O)c4cc(F)c(F)cc4Cl)c3Cl)cn1)CC2. The number of anilines is 1. The van der Waals surface area contributed by atoms with Crippen molar-refractivity contribution in [2.75, 3.05) is 31.2 Å². The molecule has 1 aromatic heterocycles. The molecule has 10 heteroatoms. The summed E-state index contributed by atoms with van der Waals surface area (Å²) in [5, 5.41) is 0.916. The summed E-state index contributed by atoms with van der Waals surface area (Å²) < 4.78 is 32.7. The van der Waals surface area contributed by atoms with Gasteiger partial charge in [-0.15, -0.1) is 0 Å². The number of carbonyl (C=O) groups excluding carboxylic acids is 1. The summed E-state index contributed by atoms with van der Waals surface area (Å²) in [7, 11) is 0. The van der Waals surface area contributed by atoms with Crippen LogP contribution in [0.15, 0.2) is 52.6 Å². The molecule has 5 rings (SSSR count). The monoisotopic (exact) mass is 563 g/mol. The van der Waals surface area contributed by atoms with E-state index in [4.69, 9.17) is 27.9 Å². The van der Waals surface area contributed by atoms with E-state index in [0.29, 0.717) is 31.8 Å². The average Bonchev–Trinajstić information content (AvgIpc) is 3.24. The minimum absolute atomic E-state index is 0.0882. The fourth-order valence-electron chi connectivity index (χ4n) is 4.99. The number of hydrogen-bond acceptors (Lipinski definition) is 6. The van der Waals surface area contributed by atoms with E-state index in [-0.39, 0.29) is 17.0 Å². The van der Waals surface area contributed by atoms with Gasteiger partial charge in [0.05, 0.1) is 29.0 Å². The van der Waals surface area contributed by atoms with Crippen molar-refractivity contribution >= 4 is 46.6 Å². The van der Waals surface area contributed by atoms with Gasteiger partial charge in [-0.2, -0.15) is 0 Å². The Morgan fingerprint density at radius 3 is 2.59 bits per heavy atom. The molecule has 1 spiro atoms. The van der Waals surface area contributed by atoms with Gasteiger partial charge >= 0.3 is 0 Å². The highest BCUT2D eigenvalue weighted by Crippen LogP contribution is 2.44. The van der Waals surface area contributed by atoms with E-state index in [9.17, 15) is 13.6 Å². The Bertz CT molecular complexity index is 1320. The Morgan fingerprint density at radius 1 is 1.16 bits per heavy atom. The molecule has 3 aromatic rings. The van der Waals surface area contributed by atoms with Gasteiger partial charge in [0.1, 0.15) is 10.8 Å². The van der Waals surface area contributed by atoms with Crippen LogP contribution in [0, 0.1) is 23.0 Å². The zero-order valence-corrected chi connectivity index (χ0v) is 22.5. The molecule has 3 heterocycles. The van der Waals surface area contributed by atoms with Crippen LogP contribution in [-0.2, 0) is 11.2 Å². The lowest BCUT2D eigenvalue weighted by atomic mass is 9.72. The quantitative estimate of drug-likeness (QED) is 0.240. The van der Waals surface area contributed by atoms with Crippen molar-refractivity contribution in [3.8, 4) is 0 Å². The molecule has 0 aliphatic carbocycles. The zero-order valence-electron chi connectivity index (χ0n) is 20.1. The Morgan fingerprint density at radius 2 is 1.92 bits per heavy atom. The maximum atomic E-state index is 13.6. The molecular formula is C27H25Cl2F2N3O2S. The third-order valence-corrected chi connectivity index (χ3v) is 9.27. The van der Waals surface area contributed by atoms with E-state index in [1.165, 1.54) is 11.8 Å². The number of aromatic nitrogens is 2. The van der Waals surface area contributed by atoms with Gasteiger partial charge in [-0.25, -0.2) is 18.7 Å². The molecule has 2 aliphatic rings. The van der Waals surface area contributed by atoms with Crippen LogP contribution in [0.25, 0.3) is 0 Å². The number of carbonyl (C=O) groups is 1. The van der Waals surface area contributed by atoms with Gasteiger partial charge in [0, 0.05) is 42.0 Å². The van der Waals surface area contributed by atoms with Crippen LogP contribution in [0.3, 0.4) is 0 Å². The van der Waals surface area contributed by atoms with Gasteiger partial charge in [-0.3, -0.25) is 4.79 Å². The number of halogens is 4. The van der Waals surface area contributed by atoms with Gasteiger partial charge < -0.3 is 9.64 Å². The number of benzene rings is 2. The molecule has 37 heavy (non-hydrogen) atoms. The van der Waals surface area contributed by atoms with Crippen molar-refractivity contribution in [3.05, 3.63) is 75.5 Å². The molecule has 2 saturated heterocycles. The van der Waals surface area contributed by atoms with Crippen molar-refractivity contribution in [1.82, 2.24) is 9.97 Å². The number of Topliss-reactive ketones (excluding diaryl/α,β-unsaturated/α-hetero) is 1. The second kappa shape index (κ2) is 10.8.